The maximum absolute atomic E-state index is 11.9. The molecule has 0 aromatic heterocycles. The third kappa shape index (κ3) is 5.44. The Morgan fingerprint density at radius 3 is 2.24 bits per heavy atom. The normalized spacial score (nSPS) is 14.9. The summed E-state index contributed by atoms with van der Waals surface area (Å²) in [5, 5.41) is 0. The largest absolute Gasteiger partial charge is 0.444 e. The van der Waals surface area contributed by atoms with Crippen molar-refractivity contribution in [3.8, 4) is 0 Å². The Morgan fingerprint density at radius 2 is 1.88 bits per heavy atom. The number of nitrogens with zero attached hydrogens (tertiary/aromatic N) is 1. The van der Waals surface area contributed by atoms with Crippen LogP contribution >= 0.6 is 11.8 Å². The minimum atomic E-state index is -0.816. The van der Waals surface area contributed by atoms with Gasteiger partial charge in [0, 0.05) is 12.8 Å². The topological polar surface area (TPSA) is 46.6 Å². The SMILES string of the molecule is CCSCC(C)(C=O)N(C)C(=O)OC(C)(C)C. The number of likely N-dealkylation sites (N-methyl/N-ethyl adjacent to an activating group) is 1. The van der Waals surface area contributed by atoms with Crippen molar-refractivity contribution in [3.05, 3.63) is 0 Å². The number of aldehydes is 1. The minimum Gasteiger partial charge on any atom is -0.444 e. The van der Waals surface area contributed by atoms with E-state index in [1.54, 1.807) is 46.5 Å². The van der Waals surface area contributed by atoms with Gasteiger partial charge in [-0.25, -0.2) is 4.79 Å². The van der Waals surface area contributed by atoms with Crippen LogP contribution < -0.4 is 0 Å². The first-order chi connectivity index (χ1) is 7.66. The van der Waals surface area contributed by atoms with Gasteiger partial charge in [0.2, 0.25) is 0 Å². The first-order valence-electron chi connectivity index (χ1n) is 5.67. The molecule has 1 atom stereocenters. The molecule has 0 fully saturated rings. The molecule has 0 aromatic rings. The van der Waals surface area contributed by atoms with Crippen molar-refractivity contribution in [2.45, 2.75) is 45.8 Å². The highest BCUT2D eigenvalue weighted by Crippen LogP contribution is 2.20. The van der Waals surface area contributed by atoms with Crippen LogP contribution in [0.1, 0.15) is 34.6 Å². The molecule has 0 saturated heterocycles. The summed E-state index contributed by atoms with van der Waals surface area (Å²) in [7, 11) is 1.60. The van der Waals surface area contributed by atoms with Gasteiger partial charge in [-0.2, -0.15) is 11.8 Å². The first kappa shape index (κ1) is 16.3. The molecule has 0 saturated carbocycles. The Balaban J connectivity index is 4.68. The van der Waals surface area contributed by atoms with Gasteiger partial charge in [-0.3, -0.25) is 4.90 Å². The zero-order valence-electron chi connectivity index (χ0n) is 11.6. The van der Waals surface area contributed by atoms with Crippen molar-refractivity contribution in [1.82, 2.24) is 4.90 Å². The fourth-order valence-corrected chi connectivity index (χ4v) is 1.94. The molecule has 0 aliphatic rings. The molecule has 0 radical (unpaired) electrons. The van der Waals surface area contributed by atoms with E-state index >= 15 is 0 Å². The van der Waals surface area contributed by atoms with Crippen LogP contribution in [0.4, 0.5) is 4.79 Å². The van der Waals surface area contributed by atoms with E-state index in [2.05, 4.69) is 0 Å². The Kier molecular flexibility index (Phi) is 6.02. The number of hydrogen-bond acceptors (Lipinski definition) is 4. The fraction of sp³-hybridized carbons (Fsp3) is 0.833. The summed E-state index contributed by atoms with van der Waals surface area (Å²) in [5.41, 5.74) is -1.37. The zero-order valence-corrected chi connectivity index (χ0v) is 12.4. The van der Waals surface area contributed by atoms with Gasteiger partial charge >= 0.3 is 6.09 Å². The second-order valence-corrected chi connectivity index (χ2v) is 6.43. The standard InChI is InChI=1S/C12H23NO3S/c1-7-17-9-12(5,8-14)13(6)10(15)16-11(2,3)4/h8H,7,9H2,1-6H3. The molecule has 4 nitrogen and oxygen atoms in total. The van der Waals surface area contributed by atoms with E-state index in [1.165, 1.54) is 4.90 Å². The monoisotopic (exact) mass is 261 g/mol. The van der Waals surface area contributed by atoms with Crippen molar-refractivity contribution >= 4 is 24.1 Å². The van der Waals surface area contributed by atoms with E-state index in [4.69, 9.17) is 4.74 Å². The zero-order chi connectivity index (χ0) is 13.7. The highest BCUT2D eigenvalue weighted by Gasteiger charge is 2.34. The lowest BCUT2D eigenvalue weighted by Crippen LogP contribution is -2.52. The van der Waals surface area contributed by atoms with Gasteiger partial charge in [-0.15, -0.1) is 0 Å². The van der Waals surface area contributed by atoms with E-state index in [9.17, 15) is 9.59 Å². The molecule has 1 unspecified atom stereocenters. The maximum atomic E-state index is 11.9. The van der Waals surface area contributed by atoms with Crippen molar-refractivity contribution in [2.75, 3.05) is 18.6 Å². The highest BCUT2D eigenvalue weighted by atomic mass is 32.2. The Hall–Kier alpha value is -0.710. The quantitative estimate of drug-likeness (QED) is 0.714. The summed E-state index contributed by atoms with van der Waals surface area (Å²) in [6, 6.07) is 0. The molecule has 5 heteroatoms. The molecule has 0 bridgehead atoms. The molecular weight excluding hydrogens is 238 g/mol. The Morgan fingerprint density at radius 1 is 1.35 bits per heavy atom. The molecule has 0 aromatic carbocycles. The molecule has 0 aliphatic heterocycles. The molecule has 100 valence electrons. The van der Waals surface area contributed by atoms with Crippen LogP contribution in [0.15, 0.2) is 0 Å². The van der Waals surface area contributed by atoms with Gasteiger partial charge in [0.15, 0.2) is 0 Å². The number of rotatable bonds is 5. The van der Waals surface area contributed by atoms with Crippen LogP contribution in [0, 0.1) is 0 Å². The molecule has 17 heavy (non-hydrogen) atoms. The van der Waals surface area contributed by atoms with Crippen LogP contribution in [-0.2, 0) is 9.53 Å². The van der Waals surface area contributed by atoms with Crippen LogP contribution in [0.25, 0.3) is 0 Å². The lowest BCUT2D eigenvalue weighted by molar-refractivity contribution is -0.115. The van der Waals surface area contributed by atoms with E-state index in [-0.39, 0.29) is 0 Å². The molecular formula is C12H23NO3S. The average Bonchev–Trinajstić information content (AvgIpc) is 2.22. The van der Waals surface area contributed by atoms with Gasteiger partial charge in [-0.05, 0) is 33.4 Å². The van der Waals surface area contributed by atoms with Gasteiger partial charge < -0.3 is 9.53 Å². The third-order valence-electron chi connectivity index (χ3n) is 2.29. The number of ether oxygens (including phenoxy) is 1. The van der Waals surface area contributed by atoms with Gasteiger partial charge in [-0.1, -0.05) is 6.92 Å². The lowest BCUT2D eigenvalue weighted by Gasteiger charge is -2.35. The highest BCUT2D eigenvalue weighted by molar-refractivity contribution is 7.99. The lowest BCUT2D eigenvalue weighted by atomic mass is 10.1. The van der Waals surface area contributed by atoms with E-state index in [0.29, 0.717) is 5.75 Å². The van der Waals surface area contributed by atoms with Crippen LogP contribution in [0.3, 0.4) is 0 Å². The second-order valence-electron chi connectivity index (χ2n) is 5.15. The van der Waals surface area contributed by atoms with Gasteiger partial charge in [0.25, 0.3) is 0 Å². The minimum absolute atomic E-state index is 0.469. The van der Waals surface area contributed by atoms with E-state index < -0.39 is 17.2 Å². The van der Waals surface area contributed by atoms with E-state index in [1.807, 2.05) is 6.92 Å². The second kappa shape index (κ2) is 6.28. The van der Waals surface area contributed by atoms with Crippen molar-refractivity contribution in [2.24, 2.45) is 0 Å². The fourth-order valence-electron chi connectivity index (χ4n) is 1.06. The van der Waals surface area contributed by atoms with Crippen LogP contribution in [0.5, 0.6) is 0 Å². The predicted octanol–water partition coefficient (Wildman–Crippen LogP) is 2.56. The first-order valence-corrected chi connectivity index (χ1v) is 6.82. The number of amides is 1. The van der Waals surface area contributed by atoms with Crippen molar-refractivity contribution in [3.63, 3.8) is 0 Å². The van der Waals surface area contributed by atoms with Crippen LogP contribution in [0.2, 0.25) is 0 Å². The molecule has 1 amide bonds. The van der Waals surface area contributed by atoms with Crippen molar-refractivity contribution in [1.29, 1.82) is 0 Å². The van der Waals surface area contributed by atoms with Gasteiger partial charge in [0.05, 0.1) is 0 Å². The number of thioether (sulfide) groups is 1. The molecule has 0 rings (SSSR count). The Bertz CT molecular complexity index is 275. The summed E-state index contributed by atoms with van der Waals surface area (Å²) in [6.45, 7) is 9.17. The summed E-state index contributed by atoms with van der Waals surface area (Å²) in [5.74, 6) is 1.48. The predicted molar refractivity (Wildman–Crippen MR) is 71.5 cm³/mol. The summed E-state index contributed by atoms with van der Waals surface area (Å²) >= 11 is 1.62. The molecule has 0 aliphatic carbocycles. The van der Waals surface area contributed by atoms with Crippen LogP contribution in [-0.4, -0.2) is 47.0 Å². The van der Waals surface area contributed by atoms with Gasteiger partial charge in [0.1, 0.15) is 17.4 Å². The summed E-state index contributed by atoms with van der Waals surface area (Å²) in [4.78, 5) is 24.4. The average molecular weight is 261 g/mol. The third-order valence-corrected chi connectivity index (χ3v) is 3.48. The number of carbonyl (C=O) groups is 2. The molecule has 0 heterocycles. The summed E-state index contributed by atoms with van der Waals surface area (Å²) < 4.78 is 5.25. The molecule has 0 N–H and O–H groups in total. The van der Waals surface area contributed by atoms with E-state index in [0.717, 1.165) is 12.0 Å². The maximum Gasteiger partial charge on any atom is 0.410 e. The molecule has 0 spiro atoms. The summed E-state index contributed by atoms with van der Waals surface area (Å²) in [6.07, 6.45) is 0.336. The smallest absolute Gasteiger partial charge is 0.410 e. The van der Waals surface area contributed by atoms with Crippen molar-refractivity contribution < 1.29 is 14.3 Å². The number of carbonyl (C=O) groups excluding carboxylic acids is 2. The Labute approximate surface area is 108 Å². The number of hydrogen-bond donors (Lipinski definition) is 0.